The summed E-state index contributed by atoms with van der Waals surface area (Å²) in [5.74, 6) is -14.3. The van der Waals surface area contributed by atoms with Crippen molar-refractivity contribution in [3.63, 3.8) is 0 Å². The molecule has 812 valence electrons. The molecule has 0 aliphatic carbocycles. The number of aliphatic hydroxyl groups is 2. The summed E-state index contributed by atoms with van der Waals surface area (Å²) in [5.41, 5.74) is 25.1. The first-order chi connectivity index (χ1) is 70.9. The van der Waals surface area contributed by atoms with Gasteiger partial charge in [-0.2, -0.15) is 0 Å². The van der Waals surface area contributed by atoms with Gasteiger partial charge < -0.3 is 147 Å². The number of aromatic nitrogens is 7. The van der Waals surface area contributed by atoms with E-state index in [2.05, 4.69) is 115 Å². The van der Waals surface area contributed by atoms with Crippen LogP contribution in [0.1, 0.15) is 203 Å². The van der Waals surface area contributed by atoms with Crippen molar-refractivity contribution >= 4 is 117 Å². The quantitative estimate of drug-likeness (QED) is 0.00993. The number of aryl methyl sites for hydroxylation is 1. The number of aliphatic hydroxyl groups excluding tert-OH is 2. The number of H-pyrrole nitrogens is 3. The van der Waals surface area contributed by atoms with Crippen LogP contribution in [0.2, 0.25) is 0 Å². The minimum atomic E-state index is -1.78. The third-order valence-electron chi connectivity index (χ3n) is 24.4. The summed E-state index contributed by atoms with van der Waals surface area (Å²) in [4.78, 5) is 248. The Morgan fingerprint density at radius 2 is 1.15 bits per heavy atom. The lowest BCUT2D eigenvalue weighted by molar-refractivity contribution is -0.143. The molecule has 2 aromatic carbocycles. The van der Waals surface area contributed by atoms with Crippen LogP contribution in [0.3, 0.4) is 0 Å². The van der Waals surface area contributed by atoms with Crippen LogP contribution in [0.15, 0.2) is 73.3 Å². The summed E-state index contributed by atoms with van der Waals surface area (Å²) < 4.78 is 21.6. The van der Waals surface area contributed by atoms with Gasteiger partial charge in [0.05, 0.1) is 70.9 Å². The average Bonchev–Trinajstić information content (AvgIpc) is 1.60. The Kier molecular flexibility index (Phi) is 56.1. The summed E-state index contributed by atoms with van der Waals surface area (Å²) in [6.07, 6.45) is 17.2. The molecule has 0 radical (unpaired) electrons. The highest BCUT2D eigenvalue weighted by Gasteiger charge is 2.44. The van der Waals surface area contributed by atoms with Gasteiger partial charge in [-0.15, -0.1) is 5.10 Å². The molecular weight excluding hydrogens is 1910 g/mol. The zero-order valence-corrected chi connectivity index (χ0v) is 83.6. The van der Waals surface area contributed by atoms with E-state index < -0.39 is 238 Å². The number of hydrogen-bond donors (Lipinski definition) is 25. The summed E-state index contributed by atoms with van der Waals surface area (Å²) in [6.45, 7) is -0.734. The fraction of sp³-hybridized carbons (Fsp3) is 0.625. The molecule has 2 saturated heterocycles. The van der Waals surface area contributed by atoms with Crippen molar-refractivity contribution in [3.8, 4) is 0 Å². The van der Waals surface area contributed by atoms with E-state index in [9.17, 15) is 77.3 Å². The monoisotopic (exact) mass is 2060 g/mol. The van der Waals surface area contributed by atoms with Gasteiger partial charge in [0.15, 0.2) is 5.96 Å². The highest BCUT2D eigenvalue weighted by atomic mass is 16.5. The van der Waals surface area contributed by atoms with Crippen molar-refractivity contribution in [2.24, 2.45) is 22.9 Å². The van der Waals surface area contributed by atoms with Crippen LogP contribution in [-0.2, 0) is 126 Å². The Balaban J connectivity index is 0.886. The molecule has 0 spiro atoms. The number of nitrogens with one attached hydrogen (secondary N) is 19. The number of hydrogen-bond acceptors (Lipinski definition) is 29. The Bertz CT molecular complexity index is 4940. The lowest BCUT2D eigenvalue weighted by Crippen LogP contribution is -2.62. The summed E-state index contributed by atoms with van der Waals surface area (Å²) in [7, 11) is 0. The van der Waals surface area contributed by atoms with Crippen LogP contribution in [0.5, 0.6) is 0 Å². The second kappa shape index (κ2) is 68.6. The molecule has 5 heterocycles. The minimum absolute atomic E-state index is 0.0158. The number of nitrogens with two attached hydrogens (primary N) is 4. The van der Waals surface area contributed by atoms with Gasteiger partial charge in [-0.3, -0.25) is 86.9 Å². The van der Waals surface area contributed by atoms with Gasteiger partial charge in [0.1, 0.15) is 85.5 Å². The normalized spacial score (nSPS) is 18.2. The van der Waals surface area contributed by atoms with Crippen molar-refractivity contribution in [1.29, 1.82) is 5.41 Å². The number of unbranched alkanes of at least 4 members (excludes halogenated alkanes) is 13. The van der Waals surface area contributed by atoms with Crippen molar-refractivity contribution in [1.82, 2.24) is 120 Å². The fourth-order valence-corrected chi connectivity index (χ4v) is 16.3. The number of guanidine groups is 1. The van der Waals surface area contributed by atoms with Crippen LogP contribution >= 0.6 is 0 Å². The van der Waals surface area contributed by atoms with E-state index in [1.54, 1.807) is 61.7 Å². The zero-order chi connectivity index (χ0) is 106. The number of para-hydroxylation sites is 1. The third-order valence-corrected chi connectivity index (χ3v) is 24.4. The van der Waals surface area contributed by atoms with Gasteiger partial charge in [-0.25, -0.2) is 10.1 Å². The molecule has 29 N–H and O–H groups in total. The van der Waals surface area contributed by atoms with E-state index in [1.165, 1.54) is 70.3 Å². The van der Waals surface area contributed by atoms with Crippen LogP contribution in [0, 0.1) is 5.41 Å². The van der Waals surface area contributed by atoms with Crippen LogP contribution in [0.4, 0.5) is 0 Å². The first kappa shape index (κ1) is 120. The number of ether oxygens (including phenoxy) is 4. The molecule has 51 nitrogen and oxygen atoms in total. The highest BCUT2D eigenvalue weighted by molar-refractivity contribution is 6.01. The molecule has 17 amide bonds. The number of primary amides is 2. The van der Waals surface area contributed by atoms with Crippen LogP contribution in [-0.4, -0.2) is 335 Å². The van der Waals surface area contributed by atoms with Gasteiger partial charge in [0.2, 0.25) is 100 Å². The maximum absolute atomic E-state index is 15.4. The van der Waals surface area contributed by atoms with Crippen molar-refractivity contribution in [2.75, 3.05) is 105 Å². The molecule has 147 heavy (non-hydrogen) atoms. The number of aromatic amines is 3. The SMILES string of the molecule is CCCC[C@H](NC(=O)[C@H](CN)NC(=O)[C@H](Cc1c[nH]cn1)NC(=O)[C@H](CCC(N)=O)NC(=O)[C@H](CO)NC(=O)CNC(=O)COCCOCCNC(=O)COCCOCCNC(=O)CCCCCCCCCCCCCCCc1nnn[nH]1)C(=O)N[C@H]1CCC(=O)NCCCC[C@@H](C(N)=O)NC(=O)[C@H](Cc2c[nH]c3ccccc23)NC(=O)[C@H](CCCNC(=N)N)NC(=O)[C@@H](Cc2ccccc2)NC(=O)[C@@H]2C[C@@H](O)CN2C1=O. The number of benzene rings is 2. The van der Waals surface area contributed by atoms with E-state index in [-0.39, 0.29) is 135 Å². The Hall–Kier alpha value is -13.8. The number of carbonyl (C=O) groups excluding carboxylic acids is 17. The van der Waals surface area contributed by atoms with Crippen molar-refractivity contribution in [2.45, 2.75) is 279 Å². The first-order valence-electron chi connectivity index (χ1n) is 50.6. The standard InChI is InChI=1S/C96H150N28O23/c1-2-3-28-68(86(134)115-71-35-37-81(129)103-38-23-22-30-67(85(99)133)111-90(138)73(49-62-53-107-66-29-21-20-27-65(62)66)116-87(135)69(31-24-39-106-96(100)101)112-89(137)72(48-61-25-16-15-17-26-61)118-94(142)77-51-64(126)56-124(77)95(71)143)113-92(140)75(52-97)119-91(139)74(50-63-54-102-60-109-63)117-88(136)70(34-36-78(98)127)114-93(141)76(57-125)110-82(130)55-108-84(132)59-147-47-45-145-43-41-105-83(131)58-146-46-44-144-42-40-104-80(128)33-19-14-12-10-8-6-4-5-7-9-11-13-18-32-79-120-122-123-121-79/h15-17,20-21,25-27,29,53-54,60,64,67-77,107,125-126H,2-14,18-19,22-24,28,30-52,55-59,97H2,1H3,(H2,98,127)(H2,99,133)(H,102,109)(H,103,129)(H,104,128)(H,105,131)(H,108,132)(H,110,130)(H,111,138)(H,112,137)(H,113,140)(H,114,141)(H,115,134)(H,116,135)(H,117,136)(H,118,142)(H,119,139)(H4,100,101,106)(H,120,121,122,123)/t64-,67+,68+,69+,70+,71+,72-,73+,74+,75+,76+,77+/m1/s1. The maximum Gasteiger partial charge on any atom is 0.246 e. The summed E-state index contributed by atoms with van der Waals surface area (Å²) in [5, 5.41) is 82.9. The largest absolute Gasteiger partial charge is 0.394 e. The van der Waals surface area contributed by atoms with Gasteiger partial charge >= 0.3 is 0 Å². The number of tetrazole rings is 1. The number of fused-ring (bicyclic) bond motifs is 2. The summed E-state index contributed by atoms with van der Waals surface area (Å²) in [6, 6.07) is -1.89. The topological polar surface area (TPSA) is 778 Å². The predicted molar refractivity (Wildman–Crippen MR) is 533 cm³/mol. The first-order valence-corrected chi connectivity index (χ1v) is 50.6. The molecule has 0 saturated carbocycles. The van der Waals surface area contributed by atoms with E-state index >= 15 is 14.4 Å². The van der Waals surface area contributed by atoms with E-state index in [0.29, 0.717) is 48.0 Å². The molecule has 2 fully saturated rings. The second-order valence-corrected chi connectivity index (χ2v) is 36.2. The van der Waals surface area contributed by atoms with E-state index in [0.717, 1.165) is 42.8 Å². The number of rotatable bonds is 64. The zero-order valence-electron chi connectivity index (χ0n) is 83.6. The van der Waals surface area contributed by atoms with Crippen molar-refractivity contribution in [3.05, 3.63) is 96.0 Å². The molecule has 12 atom stereocenters. The molecule has 51 heteroatoms. The van der Waals surface area contributed by atoms with Crippen LogP contribution in [0.25, 0.3) is 10.9 Å². The van der Waals surface area contributed by atoms with Gasteiger partial charge in [-0.05, 0) is 91.8 Å². The Morgan fingerprint density at radius 1 is 0.565 bits per heavy atom. The molecule has 0 bridgehead atoms. The lowest BCUT2D eigenvalue weighted by Gasteiger charge is -2.31. The minimum Gasteiger partial charge on any atom is -0.394 e. The molecule has 5 aromatic rings. The summed E-state index contributed by atoms with van der Waals surface area (Å²) >= 11 is 0. The molecular formula is C96H150N28O23. The van der Waals surface area contributed by atoms with Crippen molar-refractivity contribution < 1.29 is 111 Å². The Morgan fingerprint density at radius 3 is 1.79 bits per heavy atom. The fourth-order valence-electron chi connectivity index (χ4n) is 16.3. The number of carbonyl (C=O) groups is 17. The number of amides is 17. The molecule has 2 aliphatic heterocycles. The number of nitrogens with zero attached hydrogens (tertiary/aromatic N) is 5. The molecule has 7 rings (SSSR count). The molecule has 0 unspecified atom stereocenters. The van der Waals surface area contributed by atoms with Gasteiger partial charge in [0.25, 0.3) is 0 Å². The third kappa shape index (κ3) is 47.1. The average molecular weight is 2060 g/mol. The van der Waals surface area contributed by atoms with Crippen LogP contribution < -0.4 is 103 Å². The van der Waals surface area contributed by atoms with E-state index in [1.807, 2.05) is 6.07 Å². The van der Waals surface area contributed by atoms with Gasteiger partial charge in [-0.1, -0.05) is 139 Å². The maximum atomic E-state index is 15.4. The van der Waals surface area contributed by atoms with E-state index in [4.69, 9.17) is 47.3 Å². The second-order valence-electron chi connectivity index (χ2n) is 36.2. The molecule has 3 aromatic heterocycles. The Labute approximate surface area is 852 Å². The highest BCUT2D eigenvalue weighted by Crippen LogP contribution is 2.25. The lowest BCUT2D eigenvalue weighted by atomic mass is 10.0. The van der Waals surface area contributed by atoms with Gasteiger partial charge in [0, 0.05) is 114 Å². The number of imidazole rings is 1. The molecule has 2 aliphatic rings. The smallest absolute Gasteiger partial charge is 0.246 e. The predicted octanol–water partition coefficient (Wildman–Crippen LogP) is -4.40.